The standard InChI is InChI=1S/C7H4F4O2S/c8-6-3-4(14(12)13)1-2-5(6)7(9,10)11/h1-3,14H. The molecule has 0 spiro atoms. The van der Waals surface area contributed by atoms with E-state index in [1.807, 2.05) is 0 Å². The summed E-state index contributed by atoms with van der Waals surface area (Å²) in [5, 5.41) is 0. The molecule has 1 aromatic rings. The zero-order chi connectivity index (χ0) is 10.9. The molecule has 1 rings (SSSR count). The second kappa shape index (κ2) is 3.56. The van der Waals surface area contributed by atoms with Gasteiger partial charge in [-0.05, 0) is 18.2 Å². The van der Waals surface area contributed by atoms with Crippen LogP contribution in [0.25, 0.3) is 0 Å². The Morgan fingerprint density at radius 3 is 2.07 bits per heavy atom. The van der Waals surface area contributed by atoms with Gasteiger partial charge in [-0.3, -0.25) is 0 Å². The Labute approximate surface area is 78.1 Å². The molecule has 0 bridgehead atoms. The van der Waals surface area contributed by atoms with E-state index in [1.165, 1.54) is 0 Å². The molecule has 0 fully saturated rings. The highest BCUT2D eigenvalue weighted by molar-refractivity contribution is 7.72. The normalized spacial score (nSPS) is 12.1. The highest BCUT2D eigenvalue weighted by Gasteiger charge is 2.33. The van der Waals surface area contributed by atoms with Crippen LogP contribution in [-0.2, 0) is 16.9 Å². The van der Waals surface area contributed by atoms with Crippen molar-refractivity contribution in [3.05, 3.63) is 29.6 Å². The monoisotopic (exact) mass is 228 g/mol. The Kier molecular flexibility index (Phi) is 2.79. The van der Waals surface area contributed by atoms with Crippen LogP contribution >= 0.6 is 0 Å². The van der Waals surface area contributed by atoms with Gasteiger partial charge in [-0.15, -0.1) is 0 Å². The Morgan fingerprint density at radius 2 is 1.71 bits per heavy atom. The molecule has 1 aromatic carbocycles. The van der Waals surface area contributed by atoms with Gasteiger partial charge in [0.25, 0.3) is 0 Å². The average molecular weight is 228 g/mol. The number of thiol groups is 1. The van der Waals surface area contributed by atoms with Crippen LogP contribution in [0, 0.1) is 5.82 Å². The summed E-state index contributed by atoms with van der Waals surface area (Å²) in [6, 6.07) is 1.45. The van der Waals surface area contributed by atoms with Crippen LogP contribution in [0.3, 0.4) is 0 Å². The molecule has 0 amide bonds. The highest BCUT2D eigenvalue weighted by atomic mass is 32.2. The van der Waals surface area contributed by atoms with Gasteiger partial charge in [-0.25, -0.2) is 12.8 Å². The second-order valence-electron chi connectivity index (χ2n) is 2.42. The minimum atomic E-state index is -4.81. The fourth-order valence-corrected chi connectivity index (χ4v) is 1.26. The van der Waals surface area contributed by atoms with Crippen molar-refractivity contribution in [2.75, 3.05) is 0 Å². The quantitative estimate of drug-likeness (QED) is 0.587. The molecule has 0 atom stereocenters. The molecular formula is C7H4F4O2S. The van der Waals surface area contributed by atoms with Crippen LogP contribution in [0.1, 0.15) is 5.56 Å². The number of alkyl halides is 3. The van der Waals surface area contributed by atoms with Gasteiger partial charge in [0, 0.05) is 0 Å². The lowest BCUT2D eigenvalue weighted by Crippen LogP contribution is -2.08. The van der Waals surface area contributed by atoms with E-state index in [2.05, 4.69) is 0 Å². The molecule has 78 valence electrons. The van der Waals surface area contributed by atoms with Crippen molar-refractivity contribution in [1.82, 2.24) is 0 Å². The van der Waals surface area contributed by atoms with Crippen LogP contribution in [0.5, 0.6) is 0 Å². The van der Waals surface area contributed by atoms with Crippen molar-refractivity contribution >= 4 is 10.7 Å². The first kappa shape index (κ1) is 11.0. The maximum absolute atomic E-state index is 12.7. The van der Waals surface area contributed by atoms with E-state index in [4.69, 9.17) is 0 Å². The molecule has 0 aliphatic heterocycles. The molecule has 0 unspecified atom stereocenters. The van der Waals surface area contributed by atoms with Crippen molar-refractivity contribution in [1.29, 1.82) is 0 Å². The lowest BCUT2D eigenvalue weighted by atomic mass is 10.2. The summed E-state index contributed by atoms with van der Waals surface area (Å²) in [5.74, 6) is -1.59. The molecule has 0 heterocycles. The number of hydrogen-bond donors (Lipinski definition) is 1. The minimum Gasteiger partial charge on any atom is -0.227 e. The lowest BCUT2D eigenvalue weighted by molar-refractivity contribution is -0.140. The Balaban J connectivity index is 3.28. The average Bonchev–Trinajstić information content (AvgIpc) is 2.01. The number of halogens is 4. The van der Waals surface area contributed by atoms with Gasteiger partial charge >= 0.3 is 6.18 Å². The first-order valence-corrected chi connectivity index (χ1v) is 4.51. The smallest absolute Gasteiger partial charge is 0.227 e. The number of benzene rings is 1. The first-order valence-electron chi connectivity index (χ1n) is 3.33. The van der Waals surface area contributed by atoms with Crippen LogP contribution in [0.4, 0.5) is 17.6 Å². The van der Waals surface area contributed by atoms with Crippen molar-refractivity contribution in [3.63, 3.8) is 0 Å². The molecule has 2 nitrogen and oxygen atoms in total. The summed E-state index contributed by atoms with van der Waals surface area (Å²) < 4.78 is 69.3. The summed E-state index contributed by atoms with van der Waals surface area (Å²) in [4.78, 5) is -0.481. The Bertz CT molecular complexity index is 414. The molecule has 0 aliphatic carbocycles. The molecule has 0 radical (unpaired) electrons. The highest BCUT2D eigenvalue weighted by Crippen LogP contribution is 2.31. The molecule has 0 N–H and O–H groups in total. The third-order valence-electron chi connectivity index (χ3n) is 1.47. The Hall–Kier alpha value is -1.11. The van der Waals surface area contributed by atoms with Crippen molar-refractivity contribution in [2.45, 2.75) is 11.1 Å². The zero-order valence-electron chi connectivity index (χ0n) is 6.51. The topological polar surface area (TPSA) is 34.1 Å². The molecule has 0 saturated heterocycles. The van der Waals surface area contributed by atoms with Crippen LogP contribution in [0.15, 0.2) is 23.1 Å². The van der Waals surface area contributed by atoms with E-state index in [1.54, 1.807) is 0 Å². The largest absolute Gasteiger partial charge is 0.419 e. The third kappa shape index (κ3) is 2.22. The SMILES string of the molecule is O=[SH](=O)c1ccc(C(F)(F)F)c(F)c1. The number of hydrogen-bond acceptors (Lipinski definition) is 2. The molecule has 0 aliphatic rings. The van der Waals surface area contributed by atoms with Crippen molar-refractivity contribution in [2.24, 2.45) is 0 Å². The summed E-state index contributed by atoms with van der Waals surface area (Å²) in [6.45, 7) is 0. The van der Waals surface area contributed by atoms with E-state index < -0.39 is 33.2 Å². The summed E-state index contributed by atoms with van der Waals surface area (Å²) >= 11 is 0. The molecule has 0 saturated carbocycles. The Morgan fingerprint density at radius 1 is 1.14 bits per heavy atom. The fourth-order valence-electron chi connectivity index (χ4n) is 0.847. The molecule has 7 heteroatoms. The maximum Gasteiger partial charge on any atom is 0.419 e. The van der Waals surface area contributed by atoms with E-state index >= 15 is 0 Å². The van der Waals surface area contributed by atoms with Crippen LogP contribution in [-0.4, -0.2) is 8.42 Å². The second-order valence-corrected chi connectivity index (χ2v) is 3.45. The van der Waals surface area contributed by atoms with Gasteiger partial charge in [0.15, 0.2) is 10.7 Å². The number of rotatable bonds is 1. The molecule has 14 heavy (non-hydrogen) atoms. The van der Waals surface area contributed by atoms with Gasteiger partial charge in [0.05, 0.1) is 10.5 Å². The van der Waals surface area contributed by atoms with E-state index in [0.717, 1.165) is 0 Å². The first-order chi connectivity index (χ1) is 6.32. The molecular weight excluding hydrogens is 224 g/mol. The van der Waals surface area contributed by atoms with E-state index in [9.17, 15) is 26.0 Å². The third-order valence-corrected chi connectivity index (χ3v) is 2.17. The van der Waals surface area contributed by atoms with Gasteiger partial charge in [-0.1, -0.05) is 0 Å². The minimum absolute atomic E-state index is 0.342. The predicted octanol–water partition coefficient (Wildman–Crippen LogP) is 1.81. The van der Waals surface area contributed by atoms with Gasteiger partial charge in [-0.2, -0.15) is 13.2 Å². The van der Waals surface area contributed by atoms with E-state index in [-0.39, 0.29) is 0 Å². The molecule has 0 aromatic heterocycles. The van der Waals surface area contributed by atoms with Gasteiger partial charge in [0.1, 0.15) is 5.82 Å². The maximum atomic E-state index is 12.7. The predicted molar refractivity (Wildman–Crippen MR) is 40.0 cm³/mol. The van der Waals surface area contributed by atoms with Crippen molar-refractivity contribution < 1.29 is 26.0 Å². The zero-order valence-corrected chi connectivity index (χ0v) is 7.40. The van der Waals surface area contributed by atoms with E-state index in [0.29, 0.717) is 18.2 Å². The van der Waals surface area contributed by atoms with Gasteiger partial charge in [0.2, 0.25) is 0 Å². The van der Waals surface area contributed by atoms with Crippen LogP contribution in [0.2, 0.25) is 0 Å². The lowest BCUT2D eigenvalue weighted by Gasteiger charge is -2.07. The fraction of sp³-hybridized carbons (Fsp3) is 0.143. The summed E-state index contributed by atoms with van der Waals surface area (Å²) in [7, 11) is -3.07. The summed E-state index contributed by atoms with van der Waals surface area (Å²) in [5.41, 5.74) is -1.47. The summed E-state index contributed by atoms with van der Waals surface area (Å²) in [6.07, 6.45) is -4.81. The van der Waals surface area contributed by atoms with Crippen LogP contribution < -0.4 is 0 Å². The van der Waals surface area contributed by atoms with Gasteiger partial charge < -0.3 is 0 Å². The van der Waals surface area contributed by atoms with Crippen molar-refractivity contribution in [3.8, 4) is 0 Å².